The lowest BCUT2D eigenvalue weighted by Gasteiger charge is -2.49. The van der Waals surface area contributed by atoms with Crippen LogP contribution in [0.3, 0.4) is 0 Å². The molecule has 8 heteroatoms. The molecule has 0 amide bonds. The molecule has 4 N–H and O–H groups in total. The monoisotopic (exact) mass is 316 g/mol. The molecule has 0 aromatic heterocycles. The molecule has 4 nitrogen and oxygen atoms in total. The van der Waals surface area contributed by atoms with Gasteiger partial charge in [0.15, 0.2) is 16.8 Å². The summed E-state index contributed by atoms with van der Waals surface area (Å²) < 4.78 is 15.5. The Labute approximate surface area is 116 Å². The van der Waals surface area contributed by atoms with Gasteiger partial charge < -0.3 is 18.6 Å². The molecule has 0 spiro atoms. The molecule has 1 aliphatic rings. The van der Waals surface area contributed by atoms with Gasteiger partial charge in [-0.05, 0) is 39.3 Å². The first-order chi connectivity index (χ1) is 7.95. The van der Waals surface area contributed by atoms with Gasteiger partial charge in [-0.1, -0.05) is 11.4 Å². The average Bonchev–Trinajstić information content (AvgIpc) is 2.11. The van der Waals surface area contributed by atoms with Crippen molar-refractivity contribution in [3.8, 4) is 0 Å². The van der Waals surface area contributed by atoms with Crippen LogP contribution in [0.1, 0.15) is 0 Å². The smallest absolute Gasteiger partial charge is 0.212 e. The van der Waals surface area contributed by atoms with Crippen molar-refractivity contribution < 1.29 is 0 Å². The third kappa shape index (κ3) is 4.10. The van der Waals surface area contributed by atoms with E-state index < -0.39 is 33.6 Å². The van der Waals surface area contributed by atoms with E-state index in [1.54, 1.807) is 0 Å². The maximum Gasteiger partial charge on any atom is 0.212 e. The molecule has 104 valence electrons. The molecule has 2 atom stereocenters. The number of hydrogen-bond acceptors (Lipinski definition) is 4. The number of hydrogen-bond donors (Lipinski definition) is 4. The molecule has 0 radical (unpaired) electrons. The zero-order valence-corrected chi connectivity index (χ0v) is 16.6. The molecule has 0 bridgehead atoms. The Hall–Kier alpha value is 0.188. The van der Waals surface area contributed by atoms with E-state index in [2.05, 4.69) is 82.4 Å². The predicted octanol–water partition coefficient (Wildman–Crippen LogP) is 1.36. The normalized spacial score (nSPS) is 39.4. The quantitative estimate of drug-likeness (QED) is 0.581. The number of rotatable bonds is 2. The molecule has 18 heavy (non-hydrogen) atoms. The minimum atomic E-state index is -1.83. The first-order valence-corrected chi connectivity index (χ1v) is 17.5. The molecule has 0 aromatic carbocycles. The lowest BCUT2D eigenvalue weighted by Crippen LogP contribution is -2.88. The molecule has 1 aliphatic heterocycles. The van der Waals surface area contributed by atoms with Crippen LogP contribution in [-0.2, 0) is 0 Å². The maximum atomic E-state index is 4.03. The molecule has 0 saturated carbocycles. The van der Waals surface area contributed by atoms with Crippen LogP contribution in [0, 0.1) is 0 Å². The van der Waals surface area contributed by atoms with E-state index in [1.807, 2.05) is 0 Å². The standard InChI is InChI=1S/C10H28N4Si4/c1-9-17(7)12-15(3,4)11-16(5,6)13-18(8,10-2)14-17/h9-14H,1-2H2,3-8H3. The summed E-state index contributed by atoms with van der Waals surface area (Å²) in [5.74, 6) is 0. The van der Waals surface area contributed by atoms with Crippen LogP contribution in [-0.4, -0.2) is 33.6 Å². The van der Waals surface area contributed by atoms with Crippen molar-refractivity contribution in [2.45, 2.75) is 39.3 Å². The van der Waals surface area contributed by atoms with Crippen molar-refractivity contribution in [2.24, 2.45) is 0 Å². The SMILES string of the molecule is C=C[Si]1(C)N[Si](C)(C)N[Si](C)(C)N[Si](C)(C=C)N1. The van der Waals surface area contributed by atoms with Crippen molar-refractivity contribution in [3.63, 3.8) is 0 Å². The van der Waals surface area contributed by atoms with E-state index in [4.69, 9.17) is 0 Å². The van der Waals surface area contributed by atoms with Gasteiger partial charge in [0.25, 0.3) is 0 Å². The molecule has 1 saturated heterocycles. The first-order valence-electron chi connectivity index (χ1n) is 6.39. The summed E-state index contributed by atoms with van der Waals surface area (Å²) in [5, 5.41) is 0. The fraction of sp³-hybridized carbons (Fsp3) is 0.600. The van der Waals surface area contributed by atoms with Crippen molar-refractivity contribution in [2.75, 3.05) is 0 Å². The van der Waals surface area contributed by atoms with Gasteiger partial charge >= 0.3 is 0 Å². The summed E-state index contributed by atoms with van der Waals surface area (Å²) in [6.07, 6.45) is 0. The molecule has 1 heterocycles. The summed E-state index contributed by atoms with van der Waals surface area (Å²) in [4.78, 5) is 0. The average molecular weight is 317 g/mol. The van der Waals surface area contributed by atoms with Crippen LogP contribution in [0.5, 0.6) is 0 Å². The third-order valence-electron chi connectivity index (χ3n) is 3.11. The molecule has 2 unspecified atom stereocenters. The van der Waals surface area contributed by atoms with Crippen molar-refractivity contribution in [1.29, 1.82) is 0 Å². The van der Waals surface area contributed by atoms with Crippen LogP contribution >= 0.6 is 0 Å². The van der Waals surface area contributed by atoms with E-state index in [0.717, 1.165) is 0 Å². The topological polar surface area (TPSA) is 48.1 Å². The highest BCUT2D eigenvalue weighted by atomic mass is 28.5. The summed E-state index contributed by atoms with van der Waals surface area (Å²) >= 11 is 0. The van der Waals surface area contributed by atoms with Crippen LogP contribution in [0.25, 0.3) is 0 Å². The Balaban J connectivity index is 3.15. The molecule has 1 rings (SSSR count). The van der Waals surface area contributed by atoms with E-state index in [0.29, 0.717) is 0 Å². The Kier molecular flexibility index (Phi) is 4.46. The largest absolute Gasteiger partial charge is 0.336 e. The van der Waals surface area contributed by atoms with Gasteiger partial charge in [-0.3, -0.25) is 0 Å². The van der Waals surface area contributed by atoms with E-state index >= 15 is 0 Å². The van der Waals surface area contributed by atoms with Crippen LogP contribution in [0.2, 0.25) is 39.3 Å². The van der Waals surface area contributed by atoms with Gasteiger partial charge in [0, 0.05) is 0 Å². The Morgan fingerprint density at radius 1 is 0.611 bits per heavy atom. The van der Waals surface area contributed by atoms with Gasteiger partial charge in [-0.25, -0.2) is 0 Å². The molecule has 1 fully saturated rings. The minimum Gasteiger partial charge on any atom is -0.336 e. The lowest BCUT2D eigenvalue weighted by atomic mass is 11.3. The third-order valence-corrected chi connectivity index (χ3v) is 23.0. The van der Waals surface area contributed by atoms with Crippen molar-refractivity contribution in [3.05, 3.63) is 24.6 Å². The Morgan fingerprint density at radius 3 is 1.22 bits per heavy atom. The van der Waals surface area contributed by atoms with E-state index in [-0.39, 0.29) is 0 Å². The van der Waals surface area contributed by atoms with E-state index in [1.165, 1.54) is 0 Å². The van der Waals surface area contributed by atoms with Gasteiger partial charge in [0.05, 0.1) is 0 Å². The highest BCUT2D eigenvalue weighted by Gasteiger charge is 2.46. The zero-order valence-electron chi connectivity index (χ0n) is 12.6. The van der Waals surface area contributed by atoms with Crippen LogP contribution in [0.15, 0.2) is 24.6 Å². The zero-order chi connectivity index (χ0) is 14.2. The Morgan fingerprint density at radius 2 is 0.944 bits per heavy atom. The predicted molar refractivity (Wildman–Crippen MR) is 91.1 cm³/mol. The fourth-order valence-electron chi connectivity index (χ4n) is 2.95. The van der Waals surface area contributed by atoms with Gasteiger partial charge in [-0.2, -0.15) is 0 Å². The molecular formula is C10H28N4Si4. The highest BCUT2D eigenvalue weighted by Crippen LogP contribution is 2.13. The van der Waals surface area contributed by atoms with Crippen LogP contribution < -0.4 is 18.6 Å². The molecular weight excluding hydrogens is 288 g/mol. The highest BCUT2D eigenvalue weighted by molar-refractivity contribution is 7.07. The van der Waals surface area contributed by atoms with E-state index in [9.17, 15) is 0 Å². The number of nitrogens with one attached hydrogen (secondary N) is 4. The van der Waals surface area contributed by atoms with Crippen molar-refractivity contribution >= 4 is 33.6 Å². The second kappa shape index (κ2) is 4.94. The Bertz CT molecular complexity index is 328. The van der Waals surface area contributed by atoms with Gasteiger partial charge in [-0.15, -0.1) is 13.2 Å². The van der Waals surface area contributed by atoms with Crippen molar-refractivity contribution in [1.82, 2.24) is 18.6 Å². The van der Waals surface area contributed by atoms with Gasteiger partial charge in [0.2, 0.25) is 16.8 Å². The molecule has 0 aliphatic carbocycles. The minimum absolute atomic E-state index is 1.62. The summed E-state index contributed by atoms with van der Waals surface area (Å²) in [6.45, 7) is 22.0. The second-order valence-electron chi connectivity index (χ2n) is 6.56. The molecule has 0 aromatic rings. The van der Waals surface area contributed by atoms with Gasteiger partial charge in [0.1, 0.15) is 0 Å². The maximum absolute atomic E-state index is 4.03. The fourth-order valence-corrected chi connectivity index (χ4v) is 28.8. The first kappa shape index (κ1) is 16.2. The lowest BCUT2D eigenvalue weighted by molar-refractivity contribution is 1.05. The van der Waals surface area contributed by atoms with Crippen LogP contribution in [0.4, 0.5) is 0 Å². The summed E-state index contributed by atoms with van der Waals surface area (Å²) in [7, 11) is -6.92. The summed E-state index contributed by atoms with van der Waals surface area (Å²) in [6, 6.07) is 0. The summed E-state index contributed by atoms with van der Waals surface area (Å²) in [5.41, 5.74) is 4.19. The second-order valence-corrected chi connectivity index (χ2v) is 22.7.